The second kappa shape index (κ2) is 14.6. The maximum Gasteiger partial charge on any atom is 0.164 e. The van der Waals surface area contributed by atoms with Crippen LogP contribution in [0.15, 0.2) is 206 Å². The molecule has 10 rings (SSSR count). The average molecular weight is 743 g/mol. The van der Waals surface area contributed by atoms with Crippen LogP contribution in [0.25, 0.3) is 56.4 Å². The van der Waals surface area contributed by atoms with Gasteiger partial charge in [-0.2, -0.15) is 5.26 Å². The Morgan fingerprint density at radius 1 is 0.362 bits per heavy atom. The predicted octanol–water partition coefficient (Wildman–Crippen LogP) is 12.6. The van der Waals surface area contributed by atoms with E-state index < -0.39 is 5.41 Å². The lowest BCUT2D eigenvalue weighted by atomic mass is 9.63. The van der Waals surface area contributed by atoms with Gasteiger partial charge in [-0.05, 0) is 69.8 Å². The molecule has 1 aliphatic heterocycles. The maximum absolute atomic E-state index is 9.43. The molecule has 272 valence electrons. The Bertz CT molecular complexity index is 2940. The highest BCUT2D eigenvalue weighted by Gasteiger charge is 2.45. The monoisotopic (exact) mass is 742 g/mol. The number of ether oxygens (including phenoxy) is 1. The Balaban J connectivity index is 1.10. The first-order valence-corrected chi connectivity index (χ1v) is 19.2. The molecule has 5 heteroatoms. The number of nitrogens with zero attached hydrogens (tertiary/aromatic N) is 4. The lowest BCUT2D eigenvalue weighted by molar-refractivity contribution is 0.434. The topological polar surface area (TPSA) is 71.7 Å². The van der Waals surface area contributed by atoms with Gasteiger partial charge in [0, 0.05) is 27.8 Å². The molecule has 1 aromatic heterocycles. The van der Waals surface area contributed by atoms with E-state index in [1.165, 1.54) is 11.1 Å². The fraction of sp³-hybridized carbons (Fsp3) is 0.0189. The molecule has 0 amide bonds. The zero-order valence-electron chi connectivity index (χ0n) is 31.3. The van der Waals surface area contributed by atoms with E-state index >= 15 is 0 Å². The van der Waals surface area contributed by atoms with E-state index in [2.05, 4.69) is 127 Å². The summed E-state index contributed by atoms with van der Waals surface area (Å²) in [5.74, 6) is 3.42. The van der Waals surface area contributed by atoms with Gasteiger partial charge in [-0.15, -0.1) is 0 Å². The first-order chi connectivity index (χ1) is 28.7. The van der Waals surface area contributed by atoms with Crippen LogP contribution in [0, 0.1) is 11.3 Å². The molecule has 2 heterocycles. The molecule has 0 N–H and O–H groups in total. The molecule has 1 aliphatic rings. The van der Waals surface area contributed by atoms with Crippen molar-refractivity contribution in [1.82, 2.24) is 15.0 Å². The lowest BCUT2D eigenvalue weighted by Crippen LogP contribution is -2.34. The summed E-state index contributed by atoms with van der Waals surface area (Å²) in [4.78, 5) is 15.1. The van der Waals surface area contributed by atoms with Crippen LogP contribution in [-0.2, 0) is 5.41 Å². The summed E-state index contributed by atoms with van der Waals surface area (Å²) in [6, 6.07) is 72.8. The first-order valence-electron chi connectivity index (χ1n) is 19.2. The Kier molecular flexibility index (Phi) is 8.70. The SMILES string of the molecule is N#Cc1cccc(-c2ccc(-c3nc(-c4ccccc4)nc(-c4cccc(-c5ccc6c(c5)C(c5ccccc5)(c5ccccc5)c5ccccc5O6)c4)n3)cc2)c1. The second-order valence-corrected chi connectivity index (χ2v) is 14.3. The number of benzene rings is 8. The van der Waals surface area contributed by atoms with Crippen LogP contribution in [-0.4, -0.2) is 15.0 Å². The van der Waals surface area contributed by atoms with Crippen molar-refractivity contribution in [1.29, 1.82) is 5.26 Å². The summed E-state index contributed by atoms with van der Waals surface area (Å²) in [5.41, 5.74) is 11.2. The normalized spacial score (nSPS) is 12.4. The number of hydrogen-bond donors (Lipinski definition) is 0. The van der Waals surface area contributed by atoms with Crippen LogP contribution in [0.1, 0.15) is 27.8 Å². The van der Waals surface area contributed by atoms with E-state index in [4.69, 9.17) is 19.7 Å². The molecule has 0 atom stereocenters. The third kappa shape index (κ3) is 6.10. The molecule has 0 saturated heterocycles. The van der Waals surface area contributed by atoms with Gasteiger partial charge < -0.3 is 4.74 Å². The van der Waals surface area contributed by atoms with Gasteiger partial charge in [0.1, 0.15) is 11.5 Å². The summed E-state index contributed by atoms with van der Waals surface area (Å²) in [5, 5.41) is 9.43. The predicted molar refractivity (Wildman–Crippen MR) is 230 cm³/mol. The van der Waals surface area contributed by atoms with E-state index in [0.717, 1.165) is 61.6 Å². The highest BCUT2D eigenvalue weighted by molar-refractivity contribution is 5.77. The van der Waals surface area contributed by atoms with Crippen molar-refractivity contribution in [2.75, 3.05) is 0 Å². The molecular weight excluding hydrogens is 709 g/mol. The van der Waals surface area contributed by atoms with Crippen molar-refractivity contribution < 1.29 is 4.74 Å². The second-order valence-electron chi connectivity index (χ2n) is 14.3. The van der Waals surface area contributed by atoms with Crippen molar-refractivity contribution >= 4 is 0 Å². The van der Waals surface area contributed by atoms with Gasteiger partial charge in [-0.1, -0.05) is 170 Å². The van der Waals surface area contributed by atoms with Crippen molar-refractivity contribution in [3.05, 3.63) is 234 Å². The zero-order chi connectivity index (χ0) is 38.9. The van der Waals surface area contributed by atoms with E-state index in [-0.39, 0.29) is 0 Å². The smallest absolute Gasteiger partial charge is 0.164 e. The zero-order valence-corrected chi connectivity index (χ0v) is 31.3. The highest BCUT2D eigenvalue weighted by Crippen LogP contribution is 2.55. The molecule has 0 radical (unpaired) electrons. The number of rotatable bonds is 7. The fourth-order valence-corrected chi connectivity index (χ4v) is 8.15. The molecule has 0 spiro atoms. The van der Waals surface area contributed by atoms with E-state index in [0.29, 0.717) is 23.0 Å². The molecule has 0 unspecified atom stereocenters. The Morgan fingerprint density at radius 2 is 0.828 bits per heavy atom. The minimum atomic E-state index is -0.623. The van der Waals surface area contributed by atoms with Gasteiger partial charge >= 0.3 is 0 Å². The fourth-order valence-electron chi connectivity index (χ4n) is 8.15. The van der Waals surface area contributed by atoms with Gasteiger partial charge in [0.05, 0.1) is 17.0 Å². The van der Waals surface area contributed by atoms with Crippen LogP contribution >= 0.6 is 0 Å². The Labute approximate surface area is 337 Å². The van der Waals surface area contributed by atoms with Crippen molar-refractivity contribution in [2.24, 2.45) is 0 Å². The molecular formula is C53H34N4O. The van der Waals surface area contributed by atoms with Gasteiger partial charge in [-0.3, -0.25) is 0 Å². The Morgan fingerprint density at radius 3 is 1.50 bits per heavy atom. The van der Waals surface area contributed by atoms with Crippen LogP contribution in [0.5, 0.6) is 11.5 Å². The van der Waals surface area contributed by atoms with Gasteiger partial charge in [0.25, 0.3) is 0 Å². The lowest BCUT2D eigenvalue weighted by Gasteiger charge is -2.41. The number of hydrogen-bond acceptors (Lipinski definition) is 5. The standard InChI is InChI=1S/C53H34N4O/c54-35-36-14-12-17-40(32-36)37-26-28-39(29-27-37)51-55-50(38-15-4-1-5-16-38)56-52(57-51)43-19-13-18-41(33-43)42-30-31-49-47(34-42)53(44-20-6-2-7-21-44,45-22-8-3-9-23-45)46-24-10-11-25-48(46)58-49/h1-34H. The van der Waals surface area contributed by atoms with Crippen LogP contribution in [0.3, 0.4) is 0 Å². The number of para-hydroxylation sites is 1. The Hall–Kier alpha value is -7.94. The highest BCUT2D eigenvalue weighted by atomic mass is 16.5. The number of aromatic nitrogens is 3. The van der Waals surface area contributed by atoms with Gasteiger partial charge in [0.2, 0.25) is 0 Å². The summed E-state index contributed by atoms with van der Waals surface area (Å²) in [7, 11) is 0. The van der Waals surface area contributed by atoms with Crippen molar-refractivity contribution in [3.63, 3.8) is 0 Å². The van der Waals surface area contributed by atoms with E-state index in [1.807, 2.05) is 84.9 Å². The maximum atomic E-state index is 9.43. The quantitative estimate of drug-likeness (QED) is 0.163. The average Bonchev–Trinajstić information content (AvgIpc) is 3.31. The van der Waals surface area contributed by atoms with Crippen molar-refractivity contribution in [2.45, 2.75) is 5.41 Å². The summed E-state index contributed by atoms with van der Waals surface area (Å²) in [6.07, 6.45) is 0. The van der Waals surface area contributed by atoms with Crippen LogP contribution in [0.4, 0.5) is 0 Å². The van der Waals surface area contributed by atoms with Crippen LogP contribution < -0.4 is 4.74 Å². The molecule has 8 aromatic carbocycles. The van der Waals surface area contributed by atoms with Crippen molar-refractivity contribution in [3.8, 4) is 74.0 Å². The summed E-state index contributed by atoms with van der Waals surface area (Å²) < 4.78 is 6.67. The number of nitriles is 1. The number of fused-ring (bicyclic) bond motifs is 2. The molecule has 0 aliphatic carbocycles. The molecule has 9 aromatic rings. The minimum Gasteiger partial charge on any atom is -0.457 e. The van der Waals surface area contributed by atoms with Gasteiger partial charge in [-0.25, -0.2) is 15.0 Å². The van der Waals surface area contributed by atoms with E-state index in [9.17, 15) is 5.26 Å². The first kappa shape index (κ1) is 34.5. The molecule has 0 saturated carbocycles. The third-order valence-electron chi connectivity index (χ3n) is 10.9. The molecule has 0 bridgehead atoms. The summed E-state index contributed by atoms with van der Waals surface area (Å²) in [6.45, 7) is 0. The molecule has 58 heavy (non-hydrogen) atoms. The van der Waals surface area contributed by atoms with Crippen LogP contribution in [0.2, 0.25) is 0 Å². The van der Waals surface area contributed by atoms with E-state index in [1.54, 1.807) is 0 Å². The largest absolute Gasteiger partial charge is 0.457 e. The molecule has 5 nitrogen and oxygen atoms in total. The minimum absolute atomic E-state index is 0.576. The molecule has 0 fully saturated rings. The third-order valence-corrected chi connectivity index (χ3v) is 10.9. The summed E-state index contributed by atoms with van der Waals surface area (Å²) >= 11 is 0. The van der Waals surface area contributed by atoms with Gasteiger partial charge in [0.15, 0.2) is 17.5 Å².